The molecule has 0 spiro atoms. The second kappa shape index (κ2) is 10.8. The molecule has 0 atom stereocenters. The lowest BCUT2D eigenvalue weighted by molar-refractivity contribution is -0.114. The summed E-state index contributed by atoms with van der Waals surface area (Å²) < 4.78 is 0. The summed E-state index contributed by atoms with van der Waals surface area (Å²) in [6.45, 7) is 2.51. The van der Waals surface area contributed by atoms with Gasteiger partial charge in [0, 0.05) is 41.8 Å². The normalized spacial score (nSPS) is 10.2. The summed E-state index contributed by atoms with van der Waals surface area (Å²) in [4.78, 5) is 38.6. The Morgan fingerprint density at radius 3 is 2.19 bits per heavy atom. The van der Waals surface area contributed by atoms with Gasteiger partial charge >= 0.3 is 0 Å². The number of nitrogens with zero attached hydrogens (tertiary/aromatic N) is 1. The van der Waals surface area contributed by atoms with E-state index in [1.807, 2.05) is 37.3 Å². The van der Waals surface area contributed by atoms with Crippen LogP contribution in [0.5, 0.6) is 0 Å². The van der Waals surface area contributed by atoms with E-state index in [4.69, 9.17) is 0 Å². The van der Waals surface area contributed by atoms with Crippen molar-refractivity contribution in [1.82, 2.24) is 5.32 Å². The highest BCUT2D eigenvalue weighted by Gasteiger charge is 2.16. The first-order valence-electron chi connectivity index (χ1n) is 10.3. The highest BCUT2D eigenvalue weighted by molar-refractivity contribution is 6.06. The summed E-state index contributed by atoms with van der Waals surface area (Å²) in [5.74, 6) is -0.537. The first-order valence-corrected chi connectivity index (χ1v) is 10.3. The van der Waals surface area contributed by atoms with Gasteiger partial charge in [-0.2, -0.15) is 0 Å². The number of nitrogens with one attached hydrogen (secondary N) is 3. The lowest BCUT2D eigenvalue weighted by atomic mass is 10.1. The van der Waals surface area contributed by atoms with Crippen LogP contribution in [0.15, 0.2) is 78.9 Å². The minimum atomic E-state index is -0.242. The summed E-state index contributed by atoms with van der Waals surface area (Å²) in [5.41, 5.74) is 3.15. The van der Waals surface area contributed by atoms with Gasteiger partial charge in [-0.3, -0.25) is 14.4 Å². The monoisotopic (exact) mass is 430 g/mol. The SMILES string of the molecule is CCN(C(=O)c1ccc(NC(=O)CNc2cccc(C(=O)NC)c2)cc1)c1ccccc1. The molecule has 3 rings (SSSR count). The van der Waals surface area contributed by atoms with E-state index >= 15 is 0 Å². The number of benzene rings is 3. The molecule has 7 nitrogen and oxygen atoms in total. The predicted octanol–water partition coefficient (Wildman–Crippen LogP) is 3.76. The maximum Gasteiger partial charge on any atom is 0.258 e. The molecular weight excluding hydrogens is 404 g/mol. The molecule has 3 amide bonds. The predicted molar refractivity (Wildman–Crippen MR) is 127 cm³/mol. The number of carbonyl (C=O) groups is 3. The van der Waals surface area contributed by atoms with E-state index in [1.54, 1.807) is 60.5 Å². The molecule has 0 aliphatic rings. The molecule has 0 aliphatic carbocycles. The van der Waals surface area contributed by atoms with Gasteiger partial charge in [0.15, 0.2) is 0 Å². The van der Waals surface area contributed by atoms with Crippen molar-refractivity contribution in [2.24, 2.45) is 0 Å². The van der Waals surface area contributed by atoms with E-state index in [0.29, 0.717) is 29.0 Å². The van der Waals surface area contributed by atoms with E-state index < -0.39 is 0 Å². The molecule has 0 heterocycles. The summed E-state index contributed by atoms with van der Waals surface area (Å²) in [5, 5.41) is 8.36. The molecule has 0 saturated heterocycles. The third kappa shape index (κ3) is 5.72. The fourth-order valence-corrected chi connectivity index (χ4v) is 3.21. The average molecular weight is 431 g/mol. The quantitative estimate of drug-likeness (QED) is 0.508. The number of anilines is 3. The Morgan fingerprint density at radius 1 is 0.812 bits per heavy atom. The Labute approximate surface area is 187 Å². The number of carbonyl (C=O) groups excluding carboxylic acids is 3. The van der Waals surface area contributed by atoms with Crippen LogP contribution in [-0.4, -0.2) is 37.9 Å². The summed E-state index contributed by atoms with van der Waals surface area (Å²) in [6, 6.07) is 23.2. The van der Waals surface area contributed by atoms with Gasteiger partial charge in [0.05, 0.1) is 6.54 Å². The van der Waals surface area contributed by atoms with Crippen LogP contribution in [0.25, 0.3) is 0 Å². The molecule has 0 bridgehead atoms. The highest BCUT2D eigenvalue weighted by atomic mass is 16.2. The molecule has 0 aliphatic heterocycles. The van der Waals surface area contributed by atoms with Crippen molar-refractivity contribution in [3.63, 3.8) is 0 Å². The van der Waals surface area contributed by atoms with Crippen LogP contribution in [0.2, 0.25) is 0 Å². The largest absolute Gasteiger partial charge is 0.376 e. The Morgan fingerprint density at radius 2 is 1.53 bits per heavy atom. The van der Waals surface area contributed by atoms with Gasteiger partial charge in [-0.25, -0.2) is 0 Å². The zero-order valence-corrected chi connectivity index (χ0v) is 18.1. The lowest BCUT2D eigenvalue weighted by Crippen LogP contribution is -2.30. The van der Waals surface area contributed by atoms with E-state index in [0.717, 1.165) is 5.69 Å². The Balaban J connectivity index is 1.58. The smallest absolute Gasteiger partial charge is 0.258 e. The molecule has 0 unspecified atom stereocenters. The average Bonchev–Trinajstić information content (AvgIpc) is 2.84. The van der Waals surface area contributed by atoms with Gasteiger partial charge in [-0.15, -0.1) is 0 Å². The second-order valence-electron chi connectivity index (χ2n) is 7.02. The van der Waals surface area contributed by atoms with Gasteiger partial charge < -0.3 is 20.9 Å². The van der Waals surface area contributed by atoms with Crippen molar-refractivity contribution in [1.29, 1.82) is 0 Å². The second-order valence-corrected chi connectivity index (χ2v) is 7.02. The molecule has 0 saturated carbocycles. The molecule has 3 aromatic rings. The van der Waals surface area contributed by atoms with Crippen molar-refractivity contribution in [2.75, 3.05) is 35.7 Å². The van der Waals surface area contributed by atoms with Crippen LogP contribution in [0.1, 0.15) is 27.6 Å². The third-order valence-corrected chi connectivity index (χ3v) is 4.85. The van der Waals surface area contributed by atoms with E-state index in [-0.39, 0.29) is 24.3 Å². The van der Waals surface area contributed by atoms with Crippen LogP contribution in [-0.2, 0) is 4.79 Å². The number of rotatable bonds is 8. The van der Waals surface area contributed by atoms with Crippen molar-refractivity contribution >= 4 is 34.8 Å². The van der Waals surface area contributed by atoms with Crippen molar-refractivity contribution in [3.8, 4) is 0 Å². The number of amides is 3. The van der Waals surface area contributed by atoms with Gasteiger partial charge in [0.2, 0.25) is 5.91 Å². The molecule has 7 heteroatoms. The van der Waals surface area contributed by atoms with E-state index in [1.165, 1.54) is 0 Å². The fraction of sp³-hybridized carbons (Fsp3) is 0.160. The van der Waals surface area contributed by atoms with Gasteiger partial charge in [-0.05, 0) is 61.5 Å². The molecule has 0 fully saturated rings. The molecular formula is C25H26N4O3. The molecule has 32 heavy (non-hydrogen) atoms. The first-order chi connectivity index (χ1) is 15.5. The van der Waals surface area contributed by atoms with Gasteiger partial charge in [-0.1, -0.05) is 24.3 Å². The first kappa shape index (κ1) is 22.6. The third-order valence-electron chi connectivity index (χ3n) is 4.85. The lowest BCUT2D eigenvalue weighted by Gasteiger charge is -2.21. The number of hydrogen-bond donors (Lipinski definition) is 3. The van der Waals surface area contributed by atoms with Crippen molar-refractivity contribution < 1.29 is 14.4 Å². The molecule has 3 aromatic carbocycles. The standard InChI is InChI=1S/C25H26N4O3/c1-3-29(22-10-5-4-6-11-22)25(32)18-12-14-20(15-13-18)28-23(30)17-27-21-9-7-8-19(16-21)24(31)26-2/h4-16,27H,3,17H2,1-2H3,(H,26,31)(H,28,30). The van der Waals surface area contributed by atoms with E-state index in [9.17, 15) is 14.4 Å². The number of para-hydroxylation sites is 1. The molecule has 0 radical (unpaired) electrons. The zero-order chi connectivity index (χ0) is 22.9. The van der Waals surface area contributed by atoms with Gasteiger partial charge in [0.1, 0.15) is 0 Å². The summed E-state index contributed by atoms with van der Waals surface area (Å²) >= 11 is 0. The maximum absolute atomic E-state index is 12.9. The topological polar surface area (TPSA) is 90.5 Å². The highest BCUT2D eigenvalue weighted by Crippen LogP contribution is 2.18. The van der Waals surface area contributed by atoms with Crippen molar-refractivity contribution in [2.45, 2.75) is 6.92 Å². The molecule has 164 valence electrons. The summed E-state index contributed by atoms with van der Waals surface area (Å²) in [7, 11) is 1.57. The summed E-state index contributed by atoms with van der Waals surface area (Å²) in [6.07, 6.45) is 0. The van der Waals surface area contributed by atoms with E-state index in [2.05, 4.69) is 16.0 Å². The zero-order valence-electron chi connectivity index (χ0n) is 18.1. The maximum atomic E-state index is 12.9. The Bertz CT molecular complexity index is 1080. The number of hydrogen-bond acceptors (Lipinski definition) is 4. The fourth-order valence-electron chi connectivity index (χ4n) is 3.21. The van der Waals surface area contributed by atoms with Crippen molar-refractivity contribution in [3.05, 3.63) is 90.0 Å². The van der Waals surface area contributed by atoms with Crippen LogP contribution >= 0.6 is 0 Å². The van der Waals surface area contributed by atoms with Crippen LogP contribution in [0, 0.1) is 0 Å². The van der Waals surface area contributed by atoms with Gasteiger partial charge in [0.25, 0.3) is 11.8 Å². The van der Waals surface area contributed by atoms with Crippen LogP contribution in [0.3, 0.4) is 0 Å². The minimum absolute atomic E-state index is 0.0372. The van der Waals surface area contributed by atoms with Crippen LogP contribution in [0.4, 0.5) is 17.1 Å². The Kier molecular flexibility index (Phi) is 7.59. The molecule has 3 N–H and O–H groups in total. The van der Waals surface area contributed by atoms with Crippen LogP contribution < -0.4 is 20.9 Å². The Hall–Kier alpha value is -4.13. The minimum Gasteiger partial charge on any atom is -0.376 e. The molecule has 0 aromatic heterocycles.